The van der Waals surface area contributed by atoms with Gasteiger partial charge in [0.1, 0.15) is 11.3 Å². The van der Waals surface area contributed by atoms with Gasteiger partial charge in [0.25, 0.3) is 11.6 Å². The number of ether oxygens (including phenoxy) is 1. The Labute approximate surface area is 194 Å². The van der Waals surface area contributed by atoms with E-state index >= 15 is 0 Å². The number of benzene rings is 2. The van der Waals surface area contributed by atoms with Crippen LogP contribution in [-0.4, -0.2) is 65.4 Å². The van der Waals surface area contributed by atoms with E-state index in [0.717, 1.165) is 10.9 Å². The fraction of sp³-hybridized carbons (Fsp3) is 0.333. The fourth-order valence-electron chi connectivity index (χ4n) is 4.17. The molecule has 2 aromatic carbocycles. The summed E-state index contributed by atoms with van der Waals surface area (Å²) in [5, 5.41) is 7.73. The van der Waals surface area contributed by atoms with Crippen molar-refractivity contribution in [3.05, 3.63) is 64.3 Å². The summed E-state index contributed by atoms with van der Waals surface area (Å²) in [4.78, 5) is 32.6. The lowest BCUT2D eigenvalue weighted by atomic mass is 10.1. The molecule has 10 heteroatoms. The van der Waals surface area contributed by atoms with E-state index in [4.69, 9.17) is 9.15 Å². The highest BCUT2D eigenvalue weighted by Crippen LogP contribution is 2.23. The Kier molecular flexibility index (Phi) is 6.22. The number of anilines is 1. The van der Waals surface area contributed by atoms with Crippen LogP contribution in [0.3, 0.4) is 0 Å². The number of oxazole rings is 1. The molecule has 0 radical (unpaired) electrons. The number of carbonyl (C=O) groups is 1. The van der Waals surface area contributed by atoms with E-state index in [-0.39, 0.29) is 17.3 Å². The molecule has 1 aliphatic rings. The maximum absolute atomic E-state index is 13.4. The summed E-state index contributed by atoms with van der Waals surface area (Å²) in [6, 6.07) is 10.3. The van der Waals surface area contributed by atoms with Gasteiger partial charge >= 0.3 is 0 Å². The average molecular weight is 465 g/mol. The van der Waals surface area contributed by atoms with E-state index in [2.05, 4.69) is 15.2 Å². The second kappa shape index (κ2) is 9.60. The molecule has 9 nitrogen and oxygen atoms in total. The van der Waals surface area contributed by atoms with Crippen molar-refractivity contribution in [2.24, 2.45) is 0 Å². The summed E-state index contributed by atoms with van der Waals surface area (Å²) >= 11 is 0. The summed E-state index contributed by atoms with van der Waals surface area (Å²) in [6.45, 7) is 3.09. The fourth-order valence-corrected chi connectivity index (χ4v) is 4.17. The molecule has 0 bridgehead atoms. The maximum atomic E-state index is 13.4. The quantitative estimate of drug-likeness (QED) is 0.418. The van der Waals surface area contributed by atoms with Crippen molar-refractivity contribution in [3.8, 4) is 0 Å². The van der Waals surface area contributed by atoms with Crippen LogP contribution in [0.25, 0.3) is 21.9 Å². The van der Waals surface area contributed by atoms with E-state index in [1.54, 1.807) is 18.3 Å². The number of piperazine rings is 1. The number of hydrogen-bond acceptors (Lipinski definition) is 7. The zero-order chi connectivity index (χ0) is 23.5. The zero-order valence-electron chi connectivity index (χ0n) is 18.5. The number of carbonyl (C=O) groups excluding carboxylic acids is 1. The van der Waals surface area contributed by atoms with Crippen molar-refractivity contribution >= 4 is 33.8 Å². The molecule has 34 heavy (non-hydrogen) atoms. The van der Waals surface area contributed by atoms with Crippen molar-refractivity contribution in [3.63, 3.8) is 0 Å². The van der Waals surface area contributed by atoms with Crippen LogP contribution in [0.15, 0.2) is 51.8 Å². The molecule has 3 heterocycles. The first kappa shape index (κ1) is 22.0. The third-order valence-corrected chi connectivity index (χ3v) is 6.02. The molecule has 2 aromatic heterocycles. The van der Waals surface area contributed by atoms with E-state index in [1.165, 1.54) is 12.1 Å². The van der Waals surface area contributed by atoms with Gasteiger partial charge in [0, 0.05) is 37.6 Å². The molecule has 1 aliphatic heterocycles. The number of rotatable bonds is 7. The van der Waals surface area contributed by atoms with Gasteiger partial charge in [0.15, 0.2) is 5.58 Å². The van der Waals surface area contributed by atoms with Gasteiger partial charge in [0.2, 0.25) is 5.91 Å². The van der Waals surface area contributed by atoms with Crippen LogP contribution in [0.4, 0.5) is 10.4 Å². The first-order chi connectivity index (χ1) is 16.6. The minimum Gasteiger partial charge on any atom is -0.423 e. The Balaban J connectivity index is 1.06. The van der Waals surface area contributed by atoms with Crippen molar-refractivity contribution in [2.45, 2.75) is 12.8 Å². The van der Waals surface area contributed by atoms with E-state index in [1.807, 2.05) is 21.9 Å². The molecule has 1 saturated heterocycles. The smallest absolute Gasteiger partial charge is 0.298 e. The van der Waals surface area contributed by atoms with Gasteiger partial charge in [0.05, 0.1) is 31.2 Å². The largest absolute Gasteiger partial charge is 0.423 e. The first-order valence-corrected chi connectivity index (χ1v) is 11.2. The average Bonchev–Trinajstić information content (AvgIpc) is 3.27. The predicted octanol–water partition coefficient (Wildman–Crippen LogP) is 2.50. The maximum Gasteiger partial charge on any atom is 0.298 e. The van der Waals surface area contributed by atoms with Gasteiger partial charge in [-0.15, -0.1) is 0 Å². The monoisotopic (exact) mass is 465 g/mol. The number of halogens is 1. The standard InChI is InChI=1S/C24H24FN5O4/c25-17-4-5-20-21(14-17)34-24(27-20)30-10-8-29(9-11-30)22(31)7-13-33-12-6-16-2-1-3-18-19(16)15-26-28-23(18)32/h1-5,14-15H,6-13H2,(H,28,32). The summed E-state index contributed by atoms with van der Waals surface area (Å²) in [6.07, 6.45) is 2.58. The number of aromatic nitrogens is 3. The van der Waals surface area contributed by atoms with E-state index in [0.29, 0.717) is 74.7 Å². The second-order valence-electron chi connectivity index (χ2n) is 8.17. The van der Waals surface area contributed by atoms with Crippen molar-refractivity contribution in [1.29, 1.82) is 0 Å². The van der Waals surface area contributed by atoms with Gasteiger partial charge in [-0.05, 0) is 30.2 Å². The third-order valence-electron chi connectivity index (χ3n) is 6.02. The lowest BCUT2D eigenvalue weighted by Crippen LogP contribution is -2.49. The van der Waals surface area contributed by atoms with Gasteiger partial charge < -0.3 is 19.0 Å². The summed E-state index contributed by atoms with van der Waals surface area (Å²) in [7, 11) is 0. The van der Waals surface area contributed by atoms with Crippen LogP contribution >= 0.6 is 0 Å². The molecule has 0 aliphatic carbocycles. The Morgan fingerprint density at radius 2 is 1.97 bits per heavy atom. The van der Waals surface area contributed by atoms with Crippen LogP contribution in [0.1, 0.15) is 12.0 Å². The van der Waals surface area contributed by atoms with Crippen molar-refractivity contribution < 1.29 is 18.3 Å². The molecule has 4 aromatic rings. The highest BCUT2D eigenvalue weighted by molar-refractivity contribution is 5.84. The molecular formula is C24H24FN5O4. The van der Waals surface area contributed by atoms with Crippen LogP contribution in [0, 0.1) is 5.82 Å². The van der Waals surface area contributed by atoms with Gasteiger partial charge in [-0.3, -0.25) is 9.59 Å². The highest BCUT2D eigenvalue weighted by atomic mass is 19.1. The Morgan fingerprint density at radius 3 is 2.82 bits per heavy atom. The number of H-pyrrole nitrogens is 1. The topological polar surface area (TPSA) is 105 Å². The minimum absolute atomic E-state index is 0.0418. The zero-order valence-corrected chi connectivity index (χ0v) is 18.5. The van der Waals surface area contributed by atoms with Crippen LogP contribution in [0.2, 0.25) is 0 Å². The third kappa shape index (κ3) is 4.62. The number of nitrogens with one attached hydrogen (secondary N) is 1. The normalized spacial score (nSPS) is 14.3. The van der Waals surface area contributed by atoms with Crippen molar-refractivity contribution in [2.75, 3.05) is 44.3 Å². The highest BCUT2D eigenvalue weighted by Gasteiger charge is 2.24. The lowest BCUT2D eigenvalue weighted by molar-refractivity contribution is -0.132. The summed E-state index contributed by atoms with van der Waals surface area (Å²) in [5.74, 6) is -0.322. The Morgan fingerprint density at radius 1 is 1.12 bits per heavy atom. The predicted molar refractivity (Wildman–Crippen MR) is 124 cm³/mol. The molecule has 0 spiro atoms. The molecule has 0 saturated carbocycles. The van der Waals surface area contributed by atoms with Crippen LogP contribution < -0.4 is 10.5 Å². The van der Waals surface area contributed by atoms with Gasteiger partial charge in [-0.2, -0.15) is 10.1 Å². The van der Waals surface area contributed by atoms with Gasteiger partial charge in [-0.25, -0.2) is 9.49 Å². The number of hydrogen-bond donors (Lipinski definition) is 1. The van der Waals surface area contributed by atoms with E-state index in [9.17, 15) is 14.0 Å². The molecular weight excluding hydrogens is 441 g/mol. The van der Waals surface area contributed by atoms with Gasteiger partial charge in [-0.1, -0.05) is 12.1 Å². The summed E-state index contributed by atoms with van der Waals surface area (Å²) in [5.41, 5.74) is 1.80. The first-order valence-electron chi connectivity index (χ1n) is 11.2. The number of aromatic amines is 1. The molecule has 176 valence electrons. The number of amides is 1. The Bertz CT molecular complexity index is 1380. The molecule has 1 fully saturated rings. The lowest BCUT2D eigenvalue weighted by Gasteiger charge is -2.33. The SMILES string of the molecule is O=C(CCOCCc1cccc2c(=O)[nH]ncc12)N1CCN(c2nc3ccc(F)cc3o2)CC1. The second-order valence-corrected chi connectivity index (χ2v) is 8.17. The minimum atomic E-state index is -0.364. The Hall–Kier alpha value is -3.79. The van der Waals surface area contributed by atoms with Crippen LogP contribution in [-0.2, 0) is 16.0 Å². The van der Waals surface area contributed by atoms with E-state index < -0.39 is 0 Å². The molecule has 1 amide bonds. The van der Waals surface area contributed by atoms with Crippen molar-refractivity contribution in [1.82, 2.24) is 20.1 Å². The number of nitrogens with zero attached hydrogens (tertiary/aromatic N) is 4. The molecule has 0 unspecified atom stereocenters. The molecule has 0 atom stereocenters. The van der Waals surface area contributed by atoms with Crippen LogP contribution in [0.5, 0.6) is 0 Å². The summed E-state index contributed by atoms with van der Waals surface area (Å²) < 4.78 is 24.7. The molecule has 1 N–H and O–H groups in total. The number of fused-ring (bicyclic) bond motifs is 2. The molecule has 5 rings (SSSR count).